The van der Waals surface area contributed by atoms with Gasteiger partial charge in [0.2, 0.25) is 0 Å². The molecule has 144 valence electrons. The minimum Gasteiger partial charge on any atom is -0.507 e. The zero-order valence-electron chi connectivity index (χ0n) is 15.2. The monoisotopic (exact) mass is 405 g/mol. The van der Waals surface area contributed by atoms with Gasteiger partial charge in [0.1, 0.15) is 11.8 Å². The molecule has 1 N–H and O–H groups in total. The number of amides is 1. The van der Waals surface area contributed by atoms with Crippen molar-refractivity contribution in [1.29, 1.82) is 0 Å². The molecule has 4 rings (SSSR count). The standard InChI is InChI=1S/C22H16ClN3O3/c23-15-7-5-6-14(12-15)20(27)18-19(17-9-2-4-11-25-17)26(22(29)21(18)28)13-16-8-1-3-10-24-16/h1-12,19,27H,13H2/b20-18-. The molecule has 0 aliphatic carbocycles. The molecule has 0 radical (unpaired) electrons. The number of ketones is 1. The van der Waals surface area contributed by atoms with E-state index in [9.17, 15) is 14.7 Å². The van der Waals surface area contributed by atoms with Crippen LogP contribution in [0.2, 0.25) is 5.02 Å². The van der Waals surface area contributed by atoms with Gasteiger partial charge < -0.3 is 10.0 Å². The lowest BCUT2D eigenvalue weighted by molar-refractivity contribution is -0.140. The predicted molar refractivity (Wildman–Crippen MR) is 108 cm³/mol. The van der Waals surface area contributed by atoms with E-state index in [2.05, 4.69) is 9.97 Å². The molecule has 3 aromatic rings. The van der Waals surface area contributed by atoms with Crippen LogP contribution >= 0.6 is 11.6 Å². The van der Waals surface area contributed by atoms with E-state index in [1.165, 1.54) is 4.90 Å². The number of carbonyl (C=O) groups excluding carboxylic acids is 2. The zero-order chi connectivity index (χ0) is 20.4. The van der Waals surface area contributed by atoms with Crippen LogP contribution in [0.4, 0.5) is 0 Å². The first-order valence-corrected chi connectivity index (χ1v) is 9.29. The minimum atomic E-state index is -0.836. The molecule has 1 unspecified atom stereocenters. The Kier molecular flexibility index (Phi) is 5.10. The van der Waals surface area contributed by atoms with Crippen LogP contribution in [0.3, 0.4) is 0 Å². The SMILES string of the molecule is O=C1C(=O)N(Cc2ccccn2)C(c2ccccn2)/C1=C(/O)c1cccc(Cl)c1. The van der Waals surface area contributed by atoms with Gasteiger partial charge in [0, 0.05) is 23.0 Å². The highest BCUT2D eigenvalue weighted by molar-refractivity contribution is 6.46. The van der Waals surface area contributed by atoms with Crippen molar-refractivity contribution in [3.63, 3.8) is 0 Å². The molecular weight excluding hydrogens is 390 g/mol. The number of aliphatic hydroxyl groups is 1. The third kappa shape index (κ3) is 3.62. The minimum absolute atomic E-state index is 0.0214. The summed E-state index contributed by atoms with van der Waals surface area (Å²) in [5.41, 5.74) is 1.44. The maximum Gasteiger partial charge on any atom is 0.296 e. The van der Waals surface area contributed by atoms with Gasteiger partial charge in [0.05, 0.1) is 23.5 Å². The van der Waals surface area contributed by atoms with Crippen molar-refractivity contribution >= 4 is 29.1 Å². The van der Waals surface area contributed by atoms with Crippen molar-refractivity contribution in [3.05, 3.63) is 101 Å². The molecule has 29 heavy (non-hydrogen) atoms. The van der Waals surface area contributed by atoms with Gasteiger partial charge in [-0.25, -0.2) is 0 Å². The number of aromatic nitrogens is 2. The van der Waals surface area contributed by atoms with Crippen LogP contribution in [-0.4, -0.2) is 31.7 Å². The maximum absolute atomic E-state index is 12.9. The van der Waals surface area contributed by atoms with Gasteiger partial charge in [-0.1, -0.05) is 35.9 Å². The summed E-state index contributed by atoms with van der Waals surface area (Å²) in [6.45, 7) is 0.110. The van der Waals surface area contributed by atoms with Crippen LogP contribution in [0.25, 0.3) is 5.76 Å². The number of aliphatic hydroxyl groups excluding tert-OH is 1. The van der Waals surface area contributed by atoms with Crippen LogP contribution in [0.5, 0.6) is 0 Å². The summed E-state index contributed by atoms with van der Waals surface area (Å²) in [4.78, 5) is 35.7. The molecule has 7 heteroatoms. The Labute approximate surface area is 172 Å². The zero-order valence-corrected chi connectivity index (χ0v) is 16.0. The molecule has 0 bridgehead atoms. The Morgan fingerprint density at radius 2 is 1.76 bits per heavy atom. The van der Waals surface area contributed by atoms with Gasteiger partial charge in [0.25, 0.3) is 11.7 Å². The fourth-order valence-corrected chi connectivity index (χ4v) is 3.54. The molecule has 0 saturated carbocycles. The van der Waals surface area contributed by atoms with Crippen LogP contribution in [0.1, 0.15) is 23.0 Å². The van der Waals surface area contributed by atoms with Crippen molar-refractivity contribution in [2.45, 2.75) is 12.6 Å². The lowest BCUT2D eigenvalue weighted by Gasteiger charge is -2.24. The summed E-state index contributed by atoms with van der Waals surface area (Å²) in [5.74, 6) is -1.77. The van der Waals surface area contributed by atoms with Gasteiger partial charge in [-0.2, -0.15) is 0 Å². The van der Waals surface area contributed by atoms with E-state index >= 15 is 0 Å². The van der Waals surface area contributed by atoms with Crippen molar-refractivity contribution in [2.24, 2.45) is 0 Å². The van der Waals surface area contributed by atoms with E-state index in [-0.39, 0.29) is 17.9 Å². The molecule has 1 fully saturated rings. The Morgan fingerprint density at radius 1 is 1.00 bits per heavy atom. The molecule has 1 aliphatic heterocycles. The molecular formula is C22H16ClN3O3. The van der Waals surface area contributed by atoms with Crippen LogP contribution in [-0.2, 0) is 16.1 Å². The predicted octanol–water partition coefficient (Wildman–Crippen LogP) is 3.75. The summed E-state index contributed by atoms with van der Waals surface area (Å²) < 4.78 is 0. The number of pyridine rings is 2. The average Bonchev–Trinajstić information content (AvgIpc) is 2.99. The fraction of sp³-hybridized carbons (Fsp3) is 0.0909. The van der Waals surface area contributed by atoms with E-state index in [0.717, 1.165) is 0 Å². The first-order valence-electron chi connectivity index (χ1n) is 8.91. The number of benzene rings is 1. The lowest BCUT2D eigenvalue weighted by atomic mass is 9.98. The van der Waals surface area contributed by atoms with E-state index in [4.69, 9.17) is 11.6 Å². The molecule has 0 spiro atoms. The molecule has 1 aliphatic rings. The van der Waals surface area contributed by atoms with Gasteiger partial charge >= 0.3 is 0 Å². The van der Waals surface area contributed by atoms with Gasteiger partial charge in [0.15, 0.2) is 0 Å². The van der Waals surface area contributed by atoms with Crippen LogP contribution < -0.4 is 0 Å². The maximum atomic E-state index is 12.9. The van der Waals surface area contributed by atoms with Crippen LogP contribution in [0.15, 0.2) is 78.6 Å². The highest BCUT2D eigenvalue weighted by atomic mass is 35.5. The molecule has 3 heterocycles. The van der Waals surface area contributed by atoms with Crippen molar-refractivity contribution in [2.75, 3.05) is 0 Å². The number of carbonyl (C=O) groups is 2. The molecule has 1 amide bonds. The number of hydrogen-bond donors (Lipinski definition) is 1. The van der Waals surface area contributed by atoms with Crippen molar-refractivity contribution in [1.82, 2.24) is 14.9 Å². The van der Waals surface area contributed by atoms with Gasteiger partial charge in [-0.05, 0) is 36.4 Å². The highest BCUT2D eigenvalue weighted by Gasteiger charge is 2.46. The average molecular weight is 406 g/mol. The van der Waals surface area contributed by atoms with Crippen molar-refractivity contribution < 1.29 is 14.7 Å². The second-order valence-corrected chi connectivity index (χ2v) is 6.95. The lowest BCUT2D eigenvalue weighted by Crippen LogP contribution is -2.29. The Hall–Kier alpha value is -3.51. The number of Topliss-reactive ketones (excluding diaryl/α,β-unsaturated/α-hetero) is 1. The first kappa shape index (κ1) is 18.8. The number of hydrogen-bond acceptors (Lipinski definition) is 5. The smallest absolute Gasteiger partial charge is 0.296 e. The molecule has 1 saturated heterocycles. The van der Waals surface area contributed by atoms with E-state index < -0.39 is 17.7 Å². The fourth-order valence-electron chi connectivity index (χ4n) is 3.35. The molecule has 1 atom stereocenters. The molecule has 6 nitrogen and oxygen atoms in total. The van der Waals surface area contributed by atoms with Gasteiger partial charge in [-0.15, -0.1) is 0 Å². The number of likely N-dealkylation sites (tertiary alicyclic amines) is 1. The van der Waals surface area contributed by atoms with E-state index in [1.807, 2.05) is 0 Å². The number of halogens is 1. The van der Waals surface area contributed by atoms with E-state index in [0.29, 0.717) is 22.0 Å². The Bertz CT molecular complexity index is 1100. The van der Waals surface area contributed by atoms with Gasteiger partial charge in [-0.3, -0.25) is 19.6 Å². The second-order valence-electron chi connectivity index (χ2n) is 6.51. The number of rotatable bonds is 4. The summed E-state index contributed by atoms with van der Waals surface area (Å²) >= 11 is 6.03. The second kappa shape index (κ2) is 7.85. The first-order chi connectivity index (χ1) is 14.1. The highest BCUT2D eigenvalue weighted by Crippen LogP contribution is 2.39. The molecule has 1 aromatic carbocycles. The summed E-state index contributed by atoms with van der Waals surface area (Å²) in [6, 6.07) is 16.2. The number of nitrogens with zero attached hydrogens (tertiary/aromatic N) is 3. The van der Waals surface area contributed by atoms with Crippen LogP contribution in [0, 0.1) is 0 Å². The third-order valence-corrected chi connectivity index (χ3v) is 4.90. The molecule has 2 aromatic heterocycles. The topological polar surface area (TPSA) is 83.4 Å². The normalized spacial score (nSPS) is 18.2. The van der Waals surface area contributed by atoms with E-state index in [1.54, 1.807) is 73.1 Å². The Balaban J connectivity index is 1.86. The summed E-state index contributed by atoms with van der Waals surface area (Å²) in [7, 11) is 0. The third-order valence-electron chi connectivity index (χ3n) is 4.66. The summed E-state index contributed by atoms with van der Waals surface area (Å²) in [6.07, 6.45) is 3.20. The summed E-state index contributed by atoms with van der Waals surface area (Å²) in [5, 5.41) is 11.3. The van der Waals surface area contributed by atoms with Crippen molar-refractivity contribution in [3.8, 4) is 0 Å². The quantitative estimate of drug-likeness (QED) is 0.406. The Morgan fingerprint density at radius 3 is 2.41 bits per heavy atom. The largest absolute Gasteiger partial charge is 0.507 e.